The maximum atomic E-state index is 9.30. The molecule has 1 N–H and O–H groups in total. The van der Waals surface area contributed by atoms with Crippen LogP contribution in [-0.2, 0) is 9.05 Å². The van der Waals surface area contributed by atoms with Gasteiger partial charge in [-0.2, -0.15) is 0 Å². The van der Waals surface area contributed by atoms with Gasteiger partial charge in [0.1, 0.15) is 0 Å². The molecule has 0 aromatic rings. The Kier molecular flexibility index (Phi) is 21.6. The topological polar surface area (TPSA) is 38.7 Å². The first kappa shape index (κ1) is 24.3. The van der Waals surface area contributed by atoms with E-state index in [1.54, 1.807) is 0 Å². The summed E-state index contributed by atoms with van der Waals surface area (Å²) in [6, 6.07) is 0. The van der Waals surface area contributed by atoms with Gasteiger partial charge in [0.25, 0.3) is 0 Å². The van der Waals surface area contributed by atoms with E-state index in [1.165, 1.54) is 96.3 Å². The normalized spacial score (nSPS) is 12.6. The SMILES string of the molecule is CCCCCCCCCCCCCCCCCCOP(O)OCC. The second-order valence-electron chi connectivity index (χ2n) is 6.79. The maximum Gasteiger partial charge on any atom is 0.329 e. The fourth-order valence-electron chi connectivity index (χ4n) is 2.94. The van der Waals surface area contributed by atoms with Crippen LogP contribution < -0.4 is 0 Å². The van der Waals surface area contributed by atoms with E-state index in [9.17, 15) is 4.89 Å². The molecular formula is C20H43O3P. The molecule has 24 heavy (non-hydrogen) atoms. The molecule has 0 aliphatic heterocycles. The highest BCUT2D eigenvalue weighted by atomic mass is 31.2. The fraction of sp³-hybridized carbons (Fsp3) is 1.00. The summed E-state index contributed by atoms with van der Waals surface area (Å²) >= 11 is 0. The number of hydrogen-bond acceptors (Lipinski definition) is 3. The number of hydrogen-bond donors (Lipinski definition) is 1. The second-order valence-corrected chi connectivity index (χ2v) is 7.78. The van der Waals surface area contributed by atoms with Crippen molar-refractivity contribution in [2.24, 2.45) is 0 Å². The van der Waals surface area contributed by atoms with E-state index in [-0.39, 0.29) is 0 Å². The molecule has 0 heterocycles. The predicted molar refractivity (Wildman–Crippen MR) is 106 cm³/mol. The van der Waals surface area contributed by atoms with E-state index in [0.717, 1.165) is 6.42 Å². The van der Waals surface area contributed by atoms with Crippen molar-refractivity contribution in [2.45, 2.75) is 117 Å². The summed E-state index contributed by atoms with van der Waals surface area (Å²) in [5.41, 5.74) is 0. The van der Waals surface area contributed by atoms with Crippen LogP contribution in [0.25, 0.3) is 0 Å². The molecule has 0 saturated heterocycles. The Hall–Kier alpha value is 0.310. The van der Waals surface area contributed by atoms with Crippen molar-refractivity contribution in [3.8, 4) is 0 Å². The van der Waals surface area contributed by atoms with Gasteiger partial charge in [-0.15, -0.1) is 0 Å². The van der Waals surface area contributed by atoms with Crippen molar-refractivity contribution in [3.05, 3.63) is 0 Å². The lowest BCUT2D eigenvalue weighted by molar-refractivity contribution is 0.204. The first-order valence-corrected chi connectivity index (χ1v) is 11.7. The molecule has 0 aliphatic rings. The Morgan fingerprint density at radius 1 is 0.542 bits per heavy atom. The van der Waals surface area contributed by atoms with Crippen LogP contribution in [0.4, 0.5) is 0 Å². The Labute approximate surface area is 152 Å². The lowest BCUT2D eigenvalue weighted by Crippen LogP contribution is -1.93. The van der Waals surface area contributed by atoms with Crippen LogP contribution in [-0.4, -0.2) is 18.1 Å². The lowest BCUT2D eigenvalue weighted by atomic mass is 10.0. The Morgan fingerprint density at radius 3 is 1.29 bits per heavy atom. The largest absolute Gasteiger partial charge is 0.329 e. The molecule has 0 bridgehead atoms. The number of rotatable bonds is 20. The molecule has 1 unspecified atom stereocenters. The average molecular weight is 363 g/mol. The third-order valence-corrected chi connectivity index (χ3v) is 5.32. The van der Waals surface area contributed by atoms with Gasteiger partial charge in [-0.1, -0.05) is 103 Å². The third kappa shape index (κ3) is 20.4. The van der Waals surface area contributed by atoms with Gasteiger partial charge >= 0.3 is 8.60 Å². The van der Waals surface area contributed by atoms with E-state index >= 15 is 0 Å². The minimum atomic E-state index is -1.62. The highest BCUT2D eigenvalue weighted by Gasteiger charge is 2.03. The minimum absolute atomic E-state index is 0.515. The summed E-state index contributed by atoms with van der Waals surface area (Å²) in [7, 11) is -1.62. The van der Waals surface area contributed by atoms with Gasteiger partial charge in [0, 0.05) is 0 Å². The first-order valence-electron chi connectivity index (χ1n) is 10.6. The van der Waals surface area contributed by atoms with Gasteiger partial charge < -0.3 is 13.9 Å². The smallest absolute Gasteiger partial charge is 0.328 e. The van der Waals surface area contributed by atoms with Crippen molar-refractivity contribution in [2.75, 3.05) is 13.2 Å². The van der Waals surface area contributed by atoms with Crippen LogP contribution >= 0.6 is 8.60 Å². The summed E-state index contributed by atoms with van der Waals surface area (Å²) in [4.78, 5) is 9.30. The van der Waals surface area contributed by atoms with Gasteiger partial charge in [0.15, 0.2) is 0 Å². The molecule has 0 aromatic carbocycles. The van der Waals surface area contributed by atoms with Crippen molar-refractivity contribution in [3.63, 3.8) is 0 Å². The zero-order valence-corrected chi connectivity index (χ0v) is 17.3. The van der Waals surface area contributed by atoms with Crippen molar-refractivity contribution in [1.29, 1.82) is 0 Å². The van der Waals surface area contributed by atoms with E-state index in [2.05, 4.69) is 6.92 Å². The Bertz CT molecular complexity index is 227. The highest BCUT2D eigenvalue weighted by Crippen LogP contribution is 2.32. The molecule has 146 valence electrons. The van der Waals surface area contributed by atoms with Crippen molar-refractivity contribution in [1.82, 2.24) is 0 Å². The molecule has 0 amide bonds. The molecule has 4 heteroatoms. The molecule has 0 aromatic heterocycles. The predicted octanol–water partition coefficient (Wildman–Crippen LogP) is 7.52. The third-order valence-electron chi connectivity index (χ3n) is 4.44. The van der Waals surface area contributed by atoms with E-state index in [4.69, 9.17) is 9.05 Å². The quantitative estimate of drug-likeness (QED) is 0.180. The second kappa shape index (κ2) is 21.4. The van der Waals surface area contributed by atoms with Crippen LogP contribution in [0.5, 0.6) is 0 Å². The average Bonchev–Trinajstić information content (AvgIpc) is 2.58. The van der Waals surface area contributed by atoms with Gasteiger partial charge in [-0.05, 0) is 13.3 Å². The highest BCUT2D eigenvalue weighted by molar-refractivity contribution is 7.40. The van der Waals surface area contributed by atoms with Crippen LogP contribution in [0.2, 0.25) is 0 Å². The van der Waals surface area contributed by atoms with Gasteiger partial charge in [0.05, 0.1) is 13.2 Å². The molecule has 0 fully saturated rings. The van der Waals surface area contributed by atoms with E-state index < -0.39 is 8.60 Å². The van der Waals surface area contributed by atoms with Crippen LogP contribution in [0.1, 0.15) is 117 Å². The molecule has 0 aliphatic carbocycles. The summed E-state index contributed by atoms with van der Waals surface area (Å²) in [5.74, 6) is 0. The van der Waals surface area contributed by atoms with Crippen LogP contribution in [0, 0.1) is 0 Å². The molecule has 0 saturated carbocycles. The summed E-state index contributed by atoms with van der Waals surface area (Å²) in [6.07, 6.45) is 21.9. The van der Waals surface area contributed by atoms with E-state index in [1.807, 2.05) is 6.92 Å². The lowest BCUT2D eigenvalue weighted by Gasteiger charge is -2.08. The zero-order chi connectivity index (χ0) is 17.7. The minimum Gasteiger partial charge on any atom is -0.328 e. The van der Waals surface area contributed by atoms with Gasteiger partial charge in [0.2, 0.25) is 0 Å². The molecular weight excluding hydrogens is 319 g/mol. The van der Waals surface area contributed by atoms with Crippen molar-refractivity contribution >= 4 is 8.60 Å². The van der Waals surface area contributed by atoms with Gasteiger partial charge in [-0.3, -0.25) is 0 Å². The maximum absolute atomic E-state index is 9.30. The molecule has 0 radical (unpaired) electrons. The first-order chi connectivity index (χ1) is 11.8. The summed E-state index contributed by atoms with van der Waals surface area (Å²) in [6.45, 7) is 5.29. The van der Waals surface area contributed by atoms with E-state index in [0.29, 0.717) is 13.2 Å². The van der Waals surface area contributed by atoms with Gasteiger partial charge in [-0.25, -0.2) is 0 Å². The number of unbranched alkanes of at least 4 members (excludes halogenated alkanes) is 15. The van der Waals surface area contributed by atoms with Crippen molar-refractivity contribution < 1.29 is 13.9 Å². The summed E-state index contributed by atoms with van der Waals surface area (Å²) in [5, 5.41) is 0. The monoisotopic (exact) mass is 362 g/mol. The molecule has 0 rings (SSSR count). The summed E-state index contributed by atoms with van der Waals surface area (Å²) < 4.78 is 10.2. The van der Waals surface area contributed by atoms with Crippen LogP contribution in [0.15, 0.2) is 0 Å². The fourth-order valence-corrected chi connectivity index (χ4v) is 3.52. The Balaban J connectivity index is 3.00. The van der Waals surface area contributed by atoms with Crippen LogP contribution in [0.3, 0.4) is 0 Å². The molecule has 3 nitrogen and oxygen atoms in total. The standard InChI is InChI=1S/C20H43O3P/c1-3-5-6-7-8-9-10-11-12-13-14-15-16-17-18-19-20-23-24(21)22-4-2/h21H,3-20H2,1-2H3. The molecule has 1 atom stereocenters. The Morgan fingerprint density at radius 2 is 0.917 bits per heavy atom. The molecule has 0 spiro atoms. The zero-order valence-electron chi connectivity index (χ0n) is 16.4.